The van der Waals surface area contributed by atoms with Crippen LogP contribution in [0, 0.1) is 0 Å². The van der Waals surface area contributed by atoms with Crippen LogP contribution < -0.4 is 10.2 Å². The lowest BCUT2D eigenvalue weighted by Crippen LogP contribution is -2.54. The molecule has 0 unspecified atom stereocenters. The number of carbonyl (C=O) groups is 2. The Bertz CT molecular complexity index is 881. The molecule has 1 aliphatic rings. The maximum absolute atomic E-state index is 12.8. The van der Waals surface area contributed by atoms with E-state index in [2.05, 4.69) is 5.32 Å². The van der Waals surface area contributed by atoms with Gasteiger partial charge in [0.2, 0.25) is 0 Å². The maximum Gasteiger partial charge on any atom is 0.270 e. The van der Waals surface area contributed by atoms with Gasteiger partial charge >= 0.3 is 0 Å². The Balaban J connectivity index is 2.04. The standard InChI is InChI=1S/C17H10Cl2N2O2S/c18-11-7-6-10(14(19)9-11)8-13-15(22)20-17(24)21(16(13)23)12-4-2-1-3-5-12/h1-9H,(H,20,22,24)/b13-8+. The van der Waals surface area contributed by atoms with Crippen molar-refractivity contribution in [2.24, 2.45) is 0 Å². The van der Waals surface area contributed by atoms with E-state index in [9.17, 15) is 9.59 Å². The first-order chi connectivity index (χ1) is 11.5. The molecule has 120 valence electrons. The van der Waals surface area contributed by atoms with Crippen LogP contribution in [0.2, 0.25) is 10.0 Å². The summed E-state index contributed by atoms with van der Waals surface area (Å²) < 4.78 is 0. The molecule has 1 fully saturated rings. The number of para-hydroxylation sites is 1. The van der Waals surface area contributed by atoms with E-state index in [0.29, 0.717) is 21.3 Å². The maximum atomic E-state index is 12.8. The number of anilines is 1. The first-order valence-corrected chi connectivity index (χ1v) is 8.05. The molecule has 0 atom stereocenters. The van der Waals surface area contributed by atoms with Gasteiger partial charge in [-0.3, -0.25) is 19.8 Å². The summed E-state index contributed by atoms with van der Waals surface area (Å²) in [6, 6.07) is 13.7. The number of nitrogens with zero attached hydrogens (tertiary/aromatic N) is 1. The molecule has 3 rings (SSSR count). The van der Waals surface area contributed by atoms with Gasteiger partial charge in [-0.05, 0) is 48.1 Å². The predicted molar refractivity (Wildman–Crippen MR) is 99.1 cm³/mol. The first kappa shape index (κ1) is 16.6. The predicted octanol–water partition coefficient (Wildman–Crippen LogP) is 3.82. The molecule has 7 heteroatoms. The van der Waals surface area contributed by atoms with Gasteiger partial charge in [0.05, 0.1) is 5.69 Å². The van der Waals surface area contributed by atoms with Crippen molar-refractivity contribution >= 4 is 64.1 Å². The van der Waals surface area contributed by atoms with Crippen molar-refractivity contribution in [2.75, 3.05) is 4.90 Å². The summed E-state index contributed by atoms with van der Waals surface area (Å²) in [6.07, 6.45) is 1.42. The molecule has 0 aromatic heterocycles. The van der Waals surface area contributed by atoms with Gasteiger partial charge in [0.25, 0.3) is 11.8 Å². The number of thiocarbonyl (C=S) groups is 1. The zero-order chi connectivity index (χ0) is 17.3. The average molecular weight is 377 g/mol. The number of hydrogen-bond acceptors (Lipinski definition) is 3. The monoisotopic (exact) mass is 376 g/mol. The molecule has 2 aromatic carbocycles. The van der Waals surface area contributed by atoms with E-state index >= 15 is 0 Å². The van der Waals surface area contributed by atoms with Crippen molar-refractivity contribution in [3.8, 4) is 0 Å². The third-order valence-electron chi connectivity index (χ3n) is 3.38. The quantitative estimate of drug-likeness (QED) is 0.492. The van der Waals surface area contributed by atoms with Gasteiger partial charge in [0.1, 0.15) is 5.57 Å². The summed E-state index contributed by atoms with van der Waals surface area (Å²) in [5.74, 6) is -1.08. The Morgan fingerprint density at radius 3 is 2.42 bits per heavy atom. The van der Waals surface area contributed by atoms with Gasteiger partial charge < -0.3 is 0 Å². The van der Waals surface area contributed by atoms with Gasteiger partial charge in [0.15, 0.2) is 5.11 Å². The van der Waals surface area contributed by atoms with E-state index < -0.39 is 11.8 Å². The van der Waals surface area contributed by atoms with Crippen molar-refractivity contribution < 1.29 is 9.59 Å². The molecular formula is C17H10Cl2N2O2S. The summed E-state index contributed by atoms with van der Waals surface area (Å²) in [6.45, 7) is 0. The van der Waals surface area contributed by atoms with E-state index in [0.717, 1.165) is 0 Å². The molecule has 1 heterocycles. The topological polar surface area (TPSA) is 49.4 Å². The molecular weight excluding hydrogens is 367 g/mol. The fourth-order valence-electron chi connectivity index (χ4n) is 2.24. The summed E-state index contributed by atoms with van der Waals surface area (Å²) >= 11 is 17.1. The van der Waals surface area contributed by atoms with E-state index in [-0.39, 0.29) is 10.7 Å². The van der Waals surface area contributed by atoms with Crippen molar-refractivity contribution in [1.29, 1.82) is 0 Å². The third kappa shape index (κ3) is 3.19. The molecule has 2 aromatic rings. The lowest BCUT2D eigenvalue weighted by molar-refractivity contribution is -0.122. The number of nitrogens with one attached hydrogen (secondary N) is 1. The van der Waals surface area contributed by atoms with Crippen LogP contribution >= 0.6 is 35.4 Å². The number of carbonyl (C=O) groups excluding carboxylic acids is 2. The highest BCUT2D eigenvalue weighted by molar-refractivity contribution is 7.80. The van der Waals surface area contributed by atoms with Gasteiger partial charge in [-0.25, -0.2) is 0 Å². The van der Waals surface area contributed by atoms with Crippen LogP contribution in [-0.4, -0.2) is 16.9 Å². The lowest BCUT2D eigenvalue weighted by atomic mass is 10.1. The van der Waals surface area contributed by atoms with Crippen LogP contribution in [0.3, 0.4) is 0 Å². The molecule has 1 aliphatic heterocycles. The number of rotatable bonds is 2. The second-order valence-corrected chi connectivity index (χ2v) is 6.19. The molecule has 4 nitrogen and oxygen atoms in total. The summed E-state index contributed by atoms with van der Waals surface area (Å²) in [7, 11) is 0. The smallest absolute Gasteiger partial charge is 0.270 e. The number of halogens is 2. The van der Waals surface area contributed by atoms with Crippen molar-refractivity contribution in [2.45, 2.75) is 0 Å². The fraction of sp³-hybridized carbons (Fsp3) is 0. The van der Waals surface area contributed by atoms with E-state index in [1.165, 1.54) is 11.0 Å². The van der Waals surface area contributed by atoms with Gasteiger partial charge in [-0.1, -0.05) is 47.5 Å². The van der Waals surface area contributed by atoms with Crippen LogP contribution in [0.4, 0.5) is 5.69 Å². The molecule has 0 radical (unpaired) electrons. The summed E-state index contributed by atoms with van der Waals surface area (Å²) in [5.41, 5.74) is 1.03. The Labute approximate surface area is 153 Å². The molecule has 24 heavy (non-hydrogen) atoms. The van der Waals surface area contributed by atoms with Crippen molar-refractivity contribution in [3.05, 3.63) is 69.7 Å². The molecule has 0 spiro atoms. The first-order valence-electron chi connectivity index (χ1n) is 6.89. The molecule has 0 bridgehead atoms. The van der Waals surface area contributed by atoms with Gasteiger partial charge in [-0.2, -0.15) is 0 Å². The van der Waals surface area contributed by atoms with Crippen molar-refractivity contribution in [3.63, 3.8) is 0 Å². The van der Waals surface area contributed by atoms with Gasteiger partial charge in [-0.15, -0.1) is 0 Å². The van der Waals surface area contributed by atoms with E-state index in [1.807, 2.05) is 6.07 Å². The Morgan fingerprint density at radius 2 is 1.75 bits per heavy atom. The SMILES string of the molecule is O=C1NC(=S)N(c2ccccc2)C(=O)/C1=C/c1ccc(Cl)cc1Cl. The lowest BCUT2D eigenvalue weighted by Gasteiger charge is -2.28. The molecule has 2 amide bonds. The highest BCUT2D eigenvalue weighted by Crippen LogP contribution is 2.26. The third-order valence-corrected chi connectivity index (χ3v) is 4.23. The van der Waals surface area contributed by atoms with Crippen molar-refractivity contribution in [1.82, 2.24) is 5.32 Å². The molecule has 1 N–H and O–H groups in total. The minimum atomic E-state index is -0.566. The molecule has 0 saturated carbocycles. The summed E-state index contributed by atoms with van der Waals surface area (Å²) in [4.78, 5) is 26.2. The highest BCUT2D eigenvalue weighted by atomic mass is 35.5. The highest BCUT2D eigenvalue weighted by Gasteiger charge is 2.34. The average Bonchev–Trinajstić information content (AvgIpc) is 2.54. The number of benzene rings is 2. The normalized spacial score (nSPS) is 16.5. The van der Waals surface area contributed by atoms with Crippen LogP contribution in [0.15, 0.2) is 54.1 Å². The number of amides is 2. The Hall–Kier alpha value is -2.21. The zero-order valence-electron chi connectivity index (χ0n) is 12.1. The Morgan fingerprint density at radius 1 is 1.04 bits per heavy atom. The Kier molecular flexibility index (Phi) is 4.66. The largest absolute Gasteiger partial charge is 0.298 e. The zero-order valence-corrected chi connectivity index (χ0v) is 14.5. The number of hydrogen-bond donors (Lipinski definition) is 1. The second kappa shape index (κ2) is 6.73. The summed E-state index contributed by atoms with van der Waals surface area (Å²) in [5, 5.41) is 3.37. The van der Waals surface area contributed by atoms with Crippen LogP contribution in [0.25, 0.3) is 6.08 Å². The van der Waals surface area contributed by atoms with Gasteiger partial charge in [0, 0.05) is 10.0 Å². The van der Waals surface area contributed by atoms with Crippen LogP contribution in [-0.2, 0) is 9.59 Å². The van der Waals surface area contributed by atoms with E-state index in [4.69, 9.17) is 35.4 Å². The van der Waals surface area contributed by atoms with Crippen LogP contribution in [0.5, 0.6) is 0 Å². The molecule has 0 aliphatic carbocycles. The van der Waals surface area contributed by atoms with E-state index in [1.54, 1.807) is 42.5 Å². The molecule has 1 saturated heterocycles. The second-order valence-electron chi connectivity index (χ2n) is 4.96. The van der Waals surface area contributed by atoms with Crippen LogP contribution in [0.1, 0.15) is 5.56 Å². The minimum Gasteiger partial charge on any atom is -0.298 e. The fourth-order valence-corrected chi connectivity index (χ4v) is 2.99. The minimum absolute atomic E-state index is 0.0375.